The SMILES string of the molecule is COC1CCC(CNc2ccc(S(=O)(=O)NC(=O)c3ccc(N4CCN(CC5=C(c6ccc(Cl)cc6)CC(C)(C)CC5)CC4)cc3N3CCOc4nc5[nH]ccc5cc43)cc2[N+](=O)[O-])CC1. The van der Waals surface area contributed by atoms with Crippen LogP contribution in [0.4, 0.5) is 28.4 Å². The van der Waals surface area contributed by atoms with Crippen molar-refractivity contribution < 1.29 is 27.6 Å². The molecule has 1 saturated carbocycles. The maximum atomic E-state index is 14.3. The molecular formula is C49H57ClN8O7S. The summed E-state index contributed by atoms with van der Waals surface area (Å²) in [4.78, 5) is 40.2. The van der Waals surface area contributed by atoms with Gasteiger partial charge in [0.2, 0.25) is 5.88 Å². The average Bonchev–Trinajstić information content (AvgIpc) is 3.78. The fraction of sp³-hybridized carbons (Fsp3) is 0.429. The van der Waals surface area contributed by atoms with Crippen LogP contribution in [0.25, 0.3) is 16.6 Å². The van der Waals surface area contributed by atoms with Gasteiger partial charge in [-0.15, -0.1) is 0 Å². The van der Waals surface area contributed by atoms with E-state index in [1.165, 1.54) is 28.8 Å². The second kappa shape index (κ2) is 18.9. The number of pyridine rings is 1. The number of halogens is 1. The van der Waals surface area contributed by atoms with E-state index in [0.29, 0.717) is 41.9 Å². The number of carbonyl (C=O) groups is 1. The zero-order chi connectivity index (χ0) is 46.2. The molecule has 5 aromatic rings. The van der Waals surface area contributed by atoms with E-state index in [1.807, 2.05) is 41.3 Å². The Balaban J connectivity index is 0.962. The monoisotopic (exact) mass is 936 g/mol. The van der Waals surface area contributed by atoms with E-state index < -0.39 is 31.4 Å². The molecule has 1 amide bonds. The van der Waals surface area contributed by atoms with Crippen LogP contribution in [0.3, 0.4) is 0 Å². The minimum atomic E-state index is -4.56. The number of anilines is 4. The molecule has 2 fully saturated rings. The molecule has 17 heteroatoms. The van der Waals surface area contributed by atoms with E-state index in [2.05, 4.69) is 50.8 Å². The zero-order valence-corrected chi connectivity index (χ0v) is 39.2. The van der Waals surface area contributed by atoms with Gasteiger partial charge in [-0.2, -0.15) is 4.98 Å². The van der Waals surface area contributed by atoms with Crippen molar-refractivity contribution in [2.45, 2.75) is 69.8 Å². The average molecular weight is 938 g/mol. The summed E-state index contributed by atoms with van der Waals surface area (Å²) >= 11 is 6.27. The fourth-order valence-electron chi connectivity index (χ4n) is 9.93. The maximum absolute atomic E-state index is 14.3. The summed E-state index contributed by atoms with van der Waals surface area (Å²) < 4.78 is 41.6. The van der Waals surface area contributed by atoms with E-state index in [4.69, 9.17) is 26.1 Å². The van der Waals surface area contributed by atoms with Crippen molar-refractivity contribution in [3.05, 3.63) is 111 Å². The molecule has 0 bridgehead atoms. The smallest absolute Gasteiger partial charge is 0.293 e. The molecule has 3 N–H and O–H groups in total. The van der Waals surface area contributed by atoms with Crippen molar-refractivity contribution in [1.82, 2.24) is 19.6 Å². The first-order valence-corrected chi connectivity index (χ1v) is 24.7. The predicted octanol–water partition coefficient (Wildman–Crippen LogP) is 9.18. The number of H-pyrrole nitrogens is 1. The fourth-order valence-corrected chi connectivity index (χ4v) is 11.0. The molecule has 15 nitrogen and oxygen atoms in total. The molecule has 4 heterocycles. The Morgan fingerprint density at radius 1 is 0.985 bits per heavy atom. The number of hydrogen-bond donors (Lipinski definition) is 3. The summed E-state index contributed by atoms with van der Waals surface area (Å²) in [7, 11) is -2.86. The number of nitro benzene ring substituents is 1. The van der Waals surface area contributed by atoms with Crippen LogP contribution in [0.2, 0.25) is 5.02 Å². The summed E-state index contributed by atoms with van der Waals surface area (Å²) in [5, 5.41) is 17.0. The second-order valence-electron chi connectivity index (χ2n) is 18.8. The topological polar surface area (TPSA) is 175 Å². The van der Waals surface area contributed by atoms with Crippen LogP contribution in [-0.2, 0) is 14.8 Å². The zero-order valence-electron chi connectivity index (χ0n) is 37.6. The number of nitro groups is 1. The molecule has 0 spiro atoms. The van der Waals surface area contributed by atoms with Crippen LogP contribution < -0.4 is 24.6 Å². The van der Waals surface area contributed by atoms with Crippen LogP contribution in [0, 0.1) is 21.4 Å². The summed E-state index contributed by atoms with van der Waals surface area (Å²) in [5.41, 5.74) is 6.95. The number of allylic oxidation sites excluding steroid dienone is 1. The van der Waals surface area contributed by atoms with Gasteiger partial charge in [0, 0.05) is 74.7 Å². The van der Waals surface area contributed by atoms with E-state index in [0.717, 1.165) is 99.8 Å². The summed E-state index contributed by atoms with van der Waals surface area (Å²) in [6, 6.07) is 21.2. The number of aromatic nitrogens is 2. The van der Waals surface area contributed by atoms with Gasteiger partial charge in [0.05, 0.1) is 33.7 Å². The van der Waals surface area contributed by atoms with Crippen molar-refractivity contribution >= 4 is 72.6 Å². The molecule has 3 aromatic carbocycles. The number of aromatic amines is 1. The lowest BCUT2D eigenvalue weighted by Gasteiger charge is -2.39. The number of carbonyl (C=O) groups excluding carboxylic acids is 1. The number of nitrogens with one attached hydrogen (secondary N) is 3. The minimum absolute atomic E-state index is 0.112. The number of piperazine rings is 1. The molecular weight excluding hydrogens is 880 g/mol. The highest BCUT2D eigenvalue weighted by Crippen LogP contribution is 2.44. The number of fused-ring (bicyclic) bond motifs is 2. The van der Waals surface area contributed by atoms with Gasteiger partial charge in [-0.25, -0.2) is 13.1 Å². The summed E-state index contributed by atoms with van der Waals surface area (Å²) in [6.07, 6.45) is 8.90. The first-order valence-electron chi connectivity index (χ1n) is 22.8. The lowest BCUT2D eigenvalue weighted by molar-refractivity contribution is -0.384. The minimum Gasteiger partial charge on any atom is -0.474 e. The molecule has 2 aliphatic heterocycles. The molecule has 2 aromatic heterocycles. The van der Waals surface area contributed by atoms with Gasteiger partial charge in [-0.1, -0.05) is 43.2 Å². The van der Waals surface area contributed by atoms with E-state index in [1.54, 1.807) is 19.4 Å². The Hall–Kier alpha value is -5.68. The molecule has 348 valence electrons. The number of amides is 1. The summed E-state index contributed by atoms with van der Waals surface area (Å²) in [5.74, 6) is -0.183. The van der Waals surface area contributed by atoms with Crippen LogP contribution in [0.15, 0.2) is 89.5 Å². The van der Waals surface area contributed by atoms with Crippen molar-refractivity contribution in [1.29, 1.82) is 0 Å². The molecule has 2 aliphatic carbocycles. The molecule has 66 heavy (non-hydrogen) atoms. The Labute approximate surface area is 390 Å². The number of nitrogens with zero attached hydrogens (tertiary/aromatic N) is 5. The molecule has 0 radical (unpaired) electrons. The third-order valence-electron chi connectivity index (χ3n) is 13.8. The standard InChI is InChI=1S/C49H57ClN8O7S/c1-49(2)18-16-35(41(29-49)33-6-8-36(50)9-7-33)31-55-20-22-56(23-21-55)37-10-14-40(43(27-37)57-24-25-65-48-45(57)26-34-17-19-51-46(34)53-48)47(59)54-66(62,63)39-13-15-42(44(28-39)58(60)61)52-30-32-4-11-38(64-3)12-5-32/h6-10,13-15,17,19,26-28,32,38,52H,4-5,11-12,16,18,20-25,29-31H2,1-3H3,(H,51,53)(H,54,59). The number of benzene rings is 3. The van der Waals surface area contributed by atoms with E-state index in [-0.39, 0.29) is 29.4 Å². The van der Waals surface area contributed by atoms with Crippen molar-refractivity contribution in [2.24, 2.45) is 11.3 Å². The lowest BCUT2D eigenvalue weighted by atomic mass is 9.72. The first-order chi connectivity index (χ1) is 31.7. The highest BCUT2D eigenvalue weighted by atomic mass is 35.5. The summed E-state index contributed by atoms with van der Waals surface area (Å²) in [6.45, 7) is 9.89. The first kappa shape index (κ1) is 45.5. The normalized spacial score (nSPS) is 20.2. The largest absolute Gasteiger partial charge is 0.474 e. The Morgan fingerprint density at radius 3 is 2.50 bits per heavy atom. The lowest BCUT2D eigenvalue weighted by Crippen LogP contribution is -2.47. The molecule has 0 unspecified atom stereocenters. The van der Waals surface area contributed by atoms with Crippen LogP contribution in [0.1, 0.15) is 74.7 Å². The number of sulfonamides is 1. The predicted molar refractivity (Wildman–Crippen MR) is 259 cm³/mol. The van der Waals surface area contributed by atoms with Gasteiger partial charge in [0.1, 0.15) is 23.6 Å². The highest BCUT2D eigenvalue weighted by Gasteiger charge is 2.32. The Morgan fingerprint density at radius 2 is 1.76 bits per heavy atom. The van der Waals surface area contributed by atoms with Crippen LogP contribution in [-0.4, -0.2) is 99.8 Å². The third-order valence-corrected chi connectivity index (χ3v) is 15.4. The number of rotatable bonds is 13. The van der Waals surface area contributed by atoms with Crippen molar-refractivity contribution in [3.8, 4) is 5.88 Å². The van der Waals surface area contributed by atoms with Gasteiger partial charge in [0.25, 0.3) is 21.6 Å². The van der Waals surface area contributed by atoms with Gasteiger partial charge in [0.15, 0.2) is 0 Å². The number of hydrogen-bond acceptors (Lipinski definition) is 12. The van der Waals surface area contributed by atoms with Gasteiger partial charge >= 0.3 is 0 Å². The maximum Gasteiger partial charge on any atom is 0.293 e. The molecule has 0 atom stereocenters. The van der Waals surface area contributed by atoms with E-state index in [9.17, 15) is 23.3 Å². The molecule has 9 rings (SSSR count). The van der Waals surface area contributed by atoms with Gasteiger partial charge in [-0.05, 0) is 122 Å². The van der Waals surface area contributed by atoms with Crippen molar-refractivity contribution in [3.63, 3.8) is 0 Å². The molecule has 1 saturated heterocycles. The van der Waals surface area contributed by atoms with E-state index >= 15 is 0 Å². The third kappa shape index (κ3) is 9.87. The van der Waals surface area contributed by atoms with Gasteiger partial charge in [-0.3, -0.25) is 19.8 Å². The van der Waals surface area contributed by atoms with Crippen LogP contribution in [0.5, 0.6) is 5.88 Å². The van der Waals surface area contributed by atoms with Gasteiger partial charge < -0.3 is 29.6 Å². The molecule has 4 aliphatic rings. The van der Waals surface area contributed by atoms with Crippen molar-refractivity contribution in [2.75, 3.05) is 74.6 Å². The second-order valence-corrected chi connectivity index (χ2v) is 20.9. The highest BCUT2D eigenvalue weighted by molar-refractivity contribution is 7.90. The Kier molecular flexibility index (Phi) is 13.0. The quantitative estimate of drug-likeness (QED) is 0.0756. The number of methoxy groups -OCH3 is 1. The number of ether oxygens (including phenoxy) is 2. The Bertz CT molecular complexity index is 2760. The van der Waals surface area contributed by atoms with Crippen LogP contribution >= 0.6 is 11.6 Å².